The number of ether oxygens (including phenoxy) is 1. The van der Waals surface area contributed by atoms with E-state index in [0.29, 0.717) is 41.5 Å². The van der Waals surface area contributed by atoms with Crippen LogP contribution in [0.5, 0.6) is 11.5 Å². The first-order valence-electron chi connectivity index (χ1n) is 14.1. The monoisotopic (exact) mass is 506 g/mol. The second-order valence-electron chi connectivity index (χ2n) is 11.0. The Morgan fingerprint density at radius 1 is 0.703 bits per heavy atom. The zero-order chi connectivity index (χ0) is 25.9. The molecule has 1 nitrogen and oxygen atoms in total. The average Bonchev–Trinajstić information content (AvgIpc) is 2.91. The number of rotatable bonds is 8. The van der Waals surface area contributed by atoms with Gasteiger partial charge in [0.15, 0.2) is 23.1 Å². The molecular weight excluding hydrogens is 469 g/mol. The van der Waals surface area contributed by atoms with Crippen molar-refractivity contribution in [3.05, 3.63) is 82.2 Å². The Morgan fingerprint density at radius 3 is 2.05 bits per heavy atom. The molecule has 0 spiro atoms. The Labute approximate surface area is 219 Å². The summed E-state index contributed by atoms with van der Waals surface area (Å²) in [6, 6.07) is 13.3. The second kappa shape index (κ2) is 11.3. The minimum atomic E-state index is -1.03. The molecule has 0 amide bonds. The first-order chi connectivity index (χ1) is 18.0. The molecule has 0 N–H and O–H groups in total. The summed E-state index contributed by atoms with van der Waals surface area (Å²) in [5.41, 5.74) is 3.98. The molecule has 0 atom stereocenters. The van der Waals surface area contributed by atoms with Gasteiger partial charge in [-0.2, -0.15) is 4.39 Å². The summed E-state index contributed by atoms with van der Waals surface area (Å²) in [7, 11) is 0. The predicted octanol–water partition coefficient (Wildman–Crippen LogP) is 9.96. The minimum absolute atomic E-state index is 0.00528. The van der Waals surface area contributed by atoms with Gasteiger partial charge in [-0.05, 0) is 53.9 Å². The molecule has 3 aromatic carbocycles. The van der Waals surface area contributed by atoms with E-state index < -0.39 is 17.5 Å². The summed E-state index contributed by atoms with van der Waals surface area (Å²) in [6.07, 6.45) is 11.8. The molecule has 1 fully saturated rings. The third-order valence-electron chi connectivity index (χ3n) is 8.37. The van der Waals surface area contributed by atoms with Crippen LogP contribution in [-0.4, -0.2) is 0 Å². The Kier molecular flexibility index (Phi) is 7.92. The van der Waals surface area contributed by atoms with Gasteiger partial charge in [0, 0.05) is 23.1 Å². The molecule has 0 saturated heterocycles. The van der Waals surface area contributed by atoms with Crippen molar-refractivity contribution in [2.24, 2.45) is 11.8 Å². The number of fused-ring (bicyclic) bond motifs is 2. The van der Waals surface area contributed by atoms with Gasteiger partial charge in [0.2, 0.25) is 5.82 Å². The lowest BCUT2D eigenvalue weighted by molar-refractivity contribution is 0.252. The molecular formula is C33H37F3O. The summed E-state index contributed by atoms with van der Waals surface area (Å²) < 4.78 is 50.6. The molecule has 1 saturated carbocycles. The number of halogens is 3. The zero-order valence-corrected chi connectivity index (χ0v) is 22.0. The maximum absolute atomic E-state index is 15.6. The number of aryl methyl sites for hydroxylation is 2. The van der Waals surface area contributed by atoms with Crippen LogP contribution in [0.15, 0.2) is 42.5 Å². The van der Waals surface area contributed by atoms with Crippen molar-refractivity contribution in [1.29, 1.82) is 0 Å². The van der Waals surface area contributed by atoms with Crippen LogP contribution in [0.4, 0.5) is 13.2 Å². The second-order valence-corrected chi connectivity index (χ2v) is 11.0. The van der Waals surface area contributed by atoms with E-state index in [-0.39, 0.29) is 11.5 Å². The summed E-state index contributed by atoms with van der Waals surface area (Å²) in [5, 5.41) is 0. The molecule has 0 unspecified atom stereocenters. The smallest absolute Gasteiger partial charge is 0.201 e. The maximum Gasteiger partial charge on any atom is 0.201 e. The van der Waals surface area contributed by atoms with Gasteiger partial charge in [0.25, 0.3) is 0 Å². The van der Waals surface area contributed by atoms with Gasteiger partial charge < -0.3 is 4.74 Å². The van der Waals surface area contributed by atoms with Crippen LogP contribution in [0.1, 0.15) is 87.5 Å². The minimum Gasteiger partial charge on any atom is -0.450 e. The fourth-order valence-corrected chi connectivity index (χ4v) is 6.23. The molecule has 0 radical (unpaired) electrons. The third kappa shape index (κ3) is 5.44. The molecule has 0 bridgehead atoms. The molecule has 0 aromatic heterocycles. The van der Waals surface area contributed by atoms with Gasteiger partial charge in [0.1, 0.15) is 0 Å². The van der Waals surface area contributed by atoms with E-state index in [9.17, 15) is 8.78 Å². The van der Waals surface area contributed by atoms with Crippen LogP contribution in [0, 0.1) is 29.3 Å². The predicted molar refractivity (Wildman–Crippen MR) is 144 cm³/mol. The summed E-state index contributed by atoms with van der Waals surface area (Å²) in [4.78, 5) is 0. The van der Waals surface area contributed by atoms with Crippen LogP contribution in [0.3, 0.4) is 0 Å². The fraction of sp³-hybridized carbons (Fsp3) is 0.455. The van der Waals surface area contributed by atoms with E-state index in [4.69, 9.17) is 4.74 Å². The summed E-state index contributed by atoms with van der Waals surface area (Å²) in [5.74, 6) is -0.913. The molecule has 37 heavy (non-hydrogen) atoms. The van der Waals surface area contributed by atoms with E-state index in [1.807, 2.05) is 25.1 Å². The standard InChI is InChI=1S/C33H37F3O/c1-3-5-21-7-9-22(10-8-21)11-12-23-13-15-24(16-14-23)28-18-17-26-20-27-19-25(6-4-2)29(34)31(36)33(27)37-32(26)30(28)35/h13-19,21-22H,3-12,20H2,1-2H3. The van der Waals surface area contributed by atoms with Gasteiger partial charge in [-0.3, -0.25) is 0 Å². The average molecular weight is 507 g/mol. The quantitative estimate of drug-likeness (QED) is 0.231. The van der Waals surface area contributed by atoms with E-state index >= 15 is 4.39 Å². The number of hydrogen-bond donors (Lipinski definition) is 0. The highest BCUT2D eigenvalue weighted by Crippen LogP contribution is 2.44. The van der Waals surface area contributed by atoms with Crippen molar-refractivity contribution < 1.29 is 17.9 Å². The summed E-state index contributed by atoms with van der Waals surface area (Å²) >= 11 is 0. The van der Waals surface area contributed by atoms with Crippen molar-refractivity contribution in [3.63, 3.8) is 0 Å². The number of hydrogen-bond acceptors (Lipinski definition) is 1. The van der Waals surface area contributed by atoms with Crippen molar-refractivity contribution >= 4 is 0 Å². The van der Waals surface area contributed by atoms with Crippen LogP contribution >= 0.6 is 0 Å². The Hall–Kier alpha value is -2.75. The number of benzene rings is 3. The third-order valence-corrected chi connectivity index (χ3v) is 8.37. The highest BCUT2D eigenvalue weighted by atomic mass is 19.2. The lowest BCUT2D eigenvalue weighted by atomic mass is 9.78. The van der Waals surface area contributed by atoms with E-state index in [2.05, 4.69) is 19.1 Å². The van der Waals surface area contributed by atoms with Crippen molar-refractivity contribution in [2.75, 3.05) is 0 Å². The van der Waals surface area contributed by atoms with Gasteiger partial charge >= 0.3 is 0 Å². The van der Waals surface area contributed by atoms with Gasteiger partial charge in [0.05, 0.1) is 0 Å². The highest BCUT2D eigenvalue weighted by Gasteiger charge is 2.28. The van der Waals surface area contributed by atoms with Gasteiger partial charge in [-0.15, -0.1) is 0 Å². The Morgan fingerprint density at radius 2 is 1.38 bits per heavy atom. The van der Waals surface area contributed by atoms with E-state index in [0.717, 1.165) is 23.8 Å². The molecule has 5 rings (SSSR count). The normalized spacial score (nSPS) is 18.7. The SMILES string of the molecule is CCCc1cc2c(c(F)c1F)Oc1c(ccc(-c3ccc(CCC4CCC(CCC)CC4)cc3)c1F)C2. The lowest BCUT2D eigenvalue weighted by Gasteiger charge is -2.28. The highest BCUT2D eigenvalue weighted by molar-refractivity contribution is 5.69. The topological polar surface area (TPSA) is 9.23 Å². The first-order valence-corrected chi connectivity index (χ1v) is 14.1. The zero-order valence-electron chi connectivity index (χ0n) is 22.0. The summed E-state index contributed by atoms with van der Waals surface area (Å²) in [6.45, 7) is 4.20. The molecule has 2 aliphatic rings. The van der Waals surface area contributed by atoms with Crippen molar-refractivity contribution in [3.8, 4) is 22.6 Å². The van der Waals surface area contributed by atoms with Gasteiger partial charge in [-0.25, -0.2) is 8.78 Å². The lowest BCUT2D eigenvalue weighted by Crippen LogP contribution is -2.15. The first kappa shape index (κ1) is 25.9. The molecule has 4 heteroatoms. The molecule has 3 aromatic rings. The van der Waals surface area contributed by atoms with Crippen LogP contribution in [-0.2, 0) is 19.3 Å². The van der Waals surface area contributed by atoms with Crippen LogP contribution < -0.4 is 4.74 Å². The van der Waals surface area contributed by atoms with Crippen LogP contribution in [0.2, 0.25) is 0 Å². The molecule has 196 valence electrons. The fourth-order valence-electron chi connectivity index (χ4n) is 6.23. The Bertz CT molecular complexity index is 1240. The van der Waals surface area contributed by atoms with Crippen molar-refractivity contribution in [2.45, 2.75) is 84.5 Å². The maximum atomic E-state index is 15.6. The molecule has 1 heterocycles. The Balaban J connectivity index is 1.28. The van der Waals surface area contributed by atoms with Gasteiger partial charge in [-0.1, -0.05) is 95.2 Å². The van der Waals surface area contributed by atoms with E-state index in [1.54, 1.807) is 12.1 Å². The largest absolute Gasteiger partial charge is 0.450 e. The molecule has 1 aliphatic carbocycles. The van der Waals surface area contributed by atoms with Crippen molar-refractivity contribution in [1.82, 2.24) is 0 Å². The van der Waals surface area contributed by atoms with Crippen LogP contribution in [0.25, 0.3) is 11.1 Å². The van der Waals surface area contributed by atoms with E-state index in [1.165, 1.54) is 50.5 Å². The molecule has 1 aliphatic heterocycles.